The number of rotatable bonds is 5. The lowest BCUT2D eigenvalue weighted by Crippen LogP contribution is -2.21. The van der Waals surface area contributed by atoms with E-state index in [1.807, 2.05) is 30.3 Å². The molecule has 1 unspecified atom stereocenters. The highest BCUT2D eigenvalue weighted by molar-refractivity contribution is 9.10. The van der Waals surface area contributed by atoms with E-state index in [0.29, 0.717) is 9.35 Å². The van der Waals surface area contributed by atoms with Gasteiger partial charge in [-0.25, -0.2) is 9.78 Å². The highest BCUT2D eigenvalue weighted by atomic mass is 79.9. The normalized spacial score (nSPS) is 12.0. The number of aromatic nitrogens is 1. The topological polar surface area (TPSA) is 93.6 Å². The molecule has 134 valence electrons. The fourth-order valence-corrected chi connectivity index (χ4v) is 4.32. The third kappa shape index (κ3) is 3.81. The van der Waals surface area contributed by atoms with E-state index in [2.05, 4.69) is 20.9 Å². The van der Waals surface area contributed by atoms with E-state index in [0.717, 1.165) is 21.2 Å². The summed E-state index contributed by atoms with van der Waals surface area (Å²) in [6.07, 6.45) is 1.26. The highest BCUT2D eigenvalue weighted by Crippen LogP contribution is 2.41. The molecular weight excluding hydrogens is 464 g/mol. The molecule has 10 heteroatoms. The third-order valence-corrected chi connectivity index (χ3v) is 6.35. The van der Waals surface area contributed by atoms with Gasteiger partial charge in [-0.1, -0.05) is 41.9 Å². The van der Waals surface area contributed by atoms with Crippen LogP contribution in [-0.4, -0.2) is 24.8 Å². The predicted molar refractivity (Wildman–Crippen MR) is 105 cm³/mol. The van der Waals surface area contributed by atoms with Crippen molar-refractivity contribution in [3.05, 3.63) is 63.2 Å². The first-order valence-corrected chi connectivity index (χ1v) is 10.0. The maximum absolute atomic E-state index is 11.9. The Balaban J connectivity index is 2.18. The van der Waals surface area contributed by atoms with Crippen LogP contribution >= 0.6 is 38.9 Å². The van der Waals surface area contributed by atoms with E-state index in [1.165, 1.54) is 18.3 Å². The molecule has 3 aromatic rings. The number of hydrogen-bond donors (Lipinski definition) is 1. The molecule has 1 N–H and O–H groups in total. The summed E-state index contributed by atoms with van der Waals surface area (Å²) < 4.78 is 25.0. The summed E-state index contributed by atoms with van der Waals surface area (Å²) in [5.74, 6) is -1.22. The molecule has 1 atom stereocenters. The summed E-state index contributed by atoms with van der Waals surface area (Å²) in [4.78, 5) is 16.1. The molecule has 3 rings (SSSR count). The van der Waals surface area contributed by atoms with Gasteiger partial charge in [0.05, 0.1) is 33.3 Å². The van der Waals surface area contributed by atoms with Crippen LogP contribution in [0.15, 0.2) is 53.1 Å². The predicted octanol–water partition coefficient (Wildman–Crippen LogP) is 4.86. The van der Waals surface area contributed by atoms with Gasteiger partial charge in [-0.15, -0.1) is 11.3 Å². The fraction of sp³-hybridized carbons (Fsp3) is 0. The molecule has 0 aliphatic heterocycles. The molecular formula is C16H9BrClN2O4S2-. The molecule has 2 aromatic heterocycles. The maximum Gasteiger partial charge on any atom is 0.348 e. The third-order valence-electron chi connectivity index (χ3n) is 3.35. The lowest BCUT2D eigenvalue weighted by molar-refractivity contribution is 0.0703. The monoisotopic (exact) mass is 471 g/mol. The molecule has 26 heavy (non-hydrogen) atoms. The Bertz CT molecular complexity index is 997. The zero-order valence-electron chi connectivity index (χ0n) is 12.8. The molecule has 0 saturated carbocycles. The molecule has 0 amide bonds. The zero-order valence-corrected chi connectivity index (χ0v) is 16.7. The van der Waals surface area contributed by atoms with Crippen LogP contribution < -0.4 is 4.31 Å². The van der Waals surface area contributed by atoms with Gasteiger partial charge in [0.1, 0.15) is 10.0 Å². The molecule has 0 bridgehead atoms. The van der Waals surface area contributed by atoms with E-state index in [9.17, 15) is 18.7 Å². The number of halogens is 2. The number of nitrogens with zero attached hydrogens (tertiary/aromatic N) is 2. The van der Waals surface area contributed by atoms with Gasteiger partial charge in [0.25, 0.3) is 0 Å². The average Bonchev–Trinajstić information content (AvgIpc) is 3.04. The van der Waals surface area contributed by atoms with Crippen molar-refractivity contribution in [1.82, 2.24) is 4.98 Å². The number of carboxylic acids is 1. The second kappa shape index (κ2) is 7.85. The summed E-state index contributed by atoms with van der Waals surface area (Å²) in [6, 6.07) is 12.1. The first-order chi connectivity index (χ1) is 12.4. The number of anilines is 2. The van der Waals surface area contributed by atoms with Crippen LogP contribution in [0.2, 0.25) is 5.15 Å². The number of pyridine rings is 1. The Morgan fingerprint density at radius 3 is 2.58 bits per heavy atom. The molecule has 1 aromatic carbocycles. The molecule has 0 fully saturated rings. The van der Waals surface area contributed by atoms with Crippen LogP contribution in [0.4, 0.5) is 11.4 Å². The minimum atomic E-state index is -2.77. The maximum atomic E-state index is 11.9. The van der Waals surface area contributed by atoms with Crippen LogP contribution in [-0.2, 0) is 11.3 Å². The summed E-state index contributed by atoms with van der Waals surface area (Å²) >= 11 is 7.27. The standard InChI is InChI=1S/C16H10BrClN2O4S2/c17-11-6-10(8-19-15(11)18)20(26(23)24)12-7-13(25-14(12)16(21)22)9-4-2-1-3-5-9/h1-8H,(H,21,22)(H,23,24)/p-1. The van der Waals surface area contributed by atoms with E-state index in [-0.39, 0.29) is 21.4 Å². The number of carbonyl (C=O) groups is 1. The number of benzene rings is 1. The van der Waals surface area contributed by atoms with Crippen LogP contribution in [0.25, 0.3) is 10.4 Å². The Morgan fingerprint density at radius 1 is 1.31 bits per heavy atom. The summed E-state index contributed by atoms with van der Waals surface area (Å²) in [5, 5.41) is 9.70. The van der Waals surface area contributed by atoms with Crippen LogP contribution in [0.3, 0.4) is 0 Å². The number of thiophene rings is 1. The van der Waals surface area contributed by atoms with Gasteiger partial charge < -0.3 is 9.66 Å². The SMILES string of the molecule is O=C(O)c1sc(-c2ccccc2)cc1N(c1cnc(Cl)c(Br)c1)S(=O)[O-]. The average molecular weight is 473 g/mol. The minimum absolute atomic E-state index is 0.0331. The van der Waals surface area contributed by atoms with Crippen molar-refractivity contribution in [2.75, 3.05) is 4.31 Å². The van der Waals surface area contributed by atoms with Crippen molar-refractivity contribution in [2.45, 2.75) is 0 Å². The lowest BCUT2D eigenvalue weighted by Gasteiger charge is -2.26. The zero-order chi connectivity index (χ0) is 18.8. The Kier molecular flexibility index (Phi) is 5.73. The van der Waals surface area contributed by atoms with Gasteiger partial charge in [0.2, 0.25) is 0 Å². The number of aromatic carboxylic acids is 1. The Morgan fingerprint density at radius 2 is 2.00 bits per heavy atom. The van der Waals surface area contributed by atoms with Crippen LogP contribution in [0.5, 0.6) is 0 Å². The first-order valence-electron chi connectivity index (χ1n) is 7.01. The highest BCUT2D eigenvalue weighted by Gasteiger charge is 2.24. The van der Waals surface area contributed by atoms with Gasteiger partial charge in [0.15, 0.2) is 0 Å². The molecule has 2 heterocycles. The van der Waals surface area contributed by atoms with Crippen LogP contribution in [0.1, 0.15) is 9.67 Å². The van der Waals surface area contributed by atoms with E-state index < -0.39 is 17.2 Å². The van der Waals surface area contributed by atoms with Crippen molar-refractivity contribution in [1.29, 1.82) is 0 Å². The van der Waals surface area contributed by atoms with Crippen molar-refractivity contribution < 1.29 is 18.7 Å². The molecule has 0 aliphatic carbocycles. The van der Waals surface area contributed by atoms with Gasteiger partial charge >= 0.3 is 5.97 Å². The minimum Gasteiger partial charge on any atom is -0.755 e. The molecule has 0 spiro atoms. The van der Waals surface area contributed by atoms with E-state index in [1.54, 1.807) is 0 Å². The molecule has 0 radical (unpaired) electrons. The van der Waals surface area contributed by atoms with E-state index in [4.69, 9.17) is 11.6 Å². The van der Waals surface area contributed by atoms with Crippen molar-refractivity contribution in [2.24, 2.45) is 0 Å². The van der Waals surface area contributed by atoms with Gasteiger partial charge in [-0.3, -0.25) is 8.51 Å². The molecule has 0 saturated heterocycles. The Hall–Kier alpha value is -1.78. The second-order valence-electron chi connectivity index (χ2n) is 4.97. The van der Waals surface area contributed by atoms with Gasteiger partial charge in [0, 0.05) is 4.88 Å². The van der Waals surface area contributed by atoms with Crippen molar-refractivity contribution in [3.63, 3.8) is 0 Å². The summed E-state index contributed by atoms with van der Waals surface area (Å²) in [7, 11) is 0. The summed E-state index contributed by atoms with van der Waals surface area (Å²) in [5.41, 5.74) is 0.985. The Labute approximate surface area is 168 Å². The lowest BCUT2D eigenvalue weighted by atomic mass is 10.2. The van der Waals surface area contributed by atoms with E-state index >= 15 is 0 Å². The smallest absolute Gasteiger partial charge is 0.348 e. The van der Waals surface area contributed by atoms with Crippen molar-refractivity contribution >= 4 is 67.5 Å². The number of carboxylic acid groups (broad SMARTS) is 1. The first kappa shape index (κ1) is 19.0. The van der Waals surface area contributed by atoms with Crippen molar-refractivity contribution in [3.8, 4) is 10.4 Å². The largest absolute Gasteiger partial charge is 0.755 e. The fourth-order valence-electron chi connectivity index (χ4n) is 2.26. The van der Waals surface area contributed by atoms with Crippen LogP contribution in [0, 0.1) is 0 Å². The second-order valence-corrected chi connectivity index (χ2v) is 8.04. The molecule has 0 aliphatic rings. The van der Waals surface area contributed by atoms with Gasteiger partial charge in [-0.05, 0) is 33.6 Å². The molecule has 6 nitrogen and oxygen atoms in total. The van der Waals surface area contributed by atoms with Gasteiger partial charge in [-0.2, -0.15) is 0 Å². The quantitative estimate of drug-likeness (QED) is 0.423. The number of hydrogen-bond acceptors (Lipinski definition) is 5. The summed E-state index contributed by atoms with van der Waals surface area (Å²) in [6.45, 7) is 0.